The molecule has 0 aromatic heterocycles. The zero-order chi connectivity index (χ0) is 13.5. The Kier molecular flexibility index (Phi) is 9.57. The van der Waals surface area contributed by atoms with E-state index in [1.807, 2.05) is 0 Å². The number of nitrogens with two attached hydrogens (primary N) is 1. The molecule has 0 bridgehead atoms. The van der Waals surface area contributed by atoms with Gasteiger partial charge in [0.25, 0.3) is 0 Å². The van der Waals surface area contributed by atoms with Crippen LogP contribution in [0, 0.1) is 0 Å². The first kappa shape index (κ1) is 19.3. The van der Waals surface area contributed by atoms with Crippen molar-refractivity contribution in [1.82, 2.24) is 0 Å². The Morgan fingerprint density at radius 2 is 1.94 bits per heavy atom. The van der Waals surface area contributed by atoms with Crippen molar-refractivity contribution >= 4 is 24.3 Å². The van der Waals surface area contributed by atoms with Gasteiger partial charge in [0, 0.05) is 6.42 Å². The average Bonchev–Trinajstić information content (AvgIpc) is 2.20. The number of ether oxygens (including phenoxy) is 2. The monoisotopic (exact) mass is 279 g/mol. The Morgan fingerprint density at radius 3 is 2.39 bits per heavy atom. The average molecular weight is 280 g/mol. The maximum Gasteiger partial charge on any atom is 0.323 e. The van der Waals surface area contributed by atoms with Gasteiger partial charge in [-0.25, -0.2) is 0 Å². The highest BCUT2D eigenvalue weighted by molar-refractivity contribution is 5.85. The number of halogens is 1. The summed E-state index contributed by atoms with van der Waals surface area (Å²) in [6.07, 6.45) is 1.77. The summed E-state index contributed by atoms with van der Waals surface area (Å²) in [5, 5.41) is 0. The van der Waals surface area contributed by atoms with Gasteiger partial charge in [0.05, 0.1) is 0 Å². The Bertz CT molecular complexity index is 286. The Hall–Kier alpha value is -1.07. The first-order valence-electron chi connectivity index (χ1n) is 5.51. The van der Waals surface area contributed by atoms with Crippen LogP contribution < -0.4 is 5.73 Å². The zero-order valence-corrected chi connectivity index (χ0v) is 11.9. The summed E-state index contributed by atoms with van der Waals surface area (Å²) in [7, 11) is 0. The third kappa shape index (κ3) is 10.1. The summed E-state index contributed by atoms with van der Waals surface area (Å²) in [6.45, 7) is 8.88. The van der Waals surface area contributed by atoms with Crippen molar-refractivity contribution in [3.8, 4) is 0 Å². The van der Waals surface area contributed by atoms with Crippen molar-refractivity contribution in [2.45, 2.75) is 45.3 Å². The lowest BCUT2D eigenvalue weighted by Gasteiger charge is -2.19. The van der Waals surface area contributed by atoms with Crippen molar-refractivity contribution in [3.05, 3.63) is 12.7 Å². The van der Waals surface area contributed by atoms with E-state index in [9.17, 15) is 9.59 Å². The van der Waals surface area contributed by atoms with Crippen LogP contribution in [0.25, 0.3) is 0 Å². The van der Waals surface area contributed by atoms with E-state index < -0.39 is 17.6 Å². The molecule has 0 saturated heterocycles. The number of carbonyl (C=O) groups is 2. The van der Waals surface area contributed by atoms with Crippen LogP contribution in [0.15, 0.2) is 12.7 Å². The van der Waals surface area contributed by atoms with Crippen molar-refractivity contribution in [2.24, 2.45) is 5.73 Å². The molecule has 0 spiro atoms. The van der Waals surface area contributed by atoms with Crippen LogP contribution in [-0.2, 0) is 19.1 Å². The van der Waals surface area contributed by atoms with Gasteiger partial charge >= 0.3 is 11.9 Å². The lowest BCUT2D eigenvalue weighted by atomic mass is 10.1. The van der Waals surface area contributed by atoms with Crippen LogP contribution in [0.3, 0.4) is 0 Å². The van der Waals surface area contributed by atoms with Gasteiger partial charge in [0.1, 0.15) is 18.2 Å². The predicted molar refractivity (Wildman–Crippen MR) is 71.5 cm³/mol. The Balaban J connectivity index is 0. The number of carbonyl (C=O) groups excluding carboxylic acids is 2. The van der Waals surface area contributed by atoms with Gasteiger partial charge in [-0.3, -0.25) is 9.59 Å². The molecule has 5 nitrogen and oxygen atoms in total. The van der Waals surface area contributed by atoms with E-state index in [-0.39, 0.29) is 37.8 Å². The van der Waals surface area contributed by atoms with E-state index in [1.165, 1.54) is 6.08 Å². The van der Waals surface area contributed by atoms with E-state index in [1.54, 1.807) is 20.8 Å². The molecule has 0 amide bonds. The van der Waals surface area contributed by atoms with Gasteiger partial charge < -0.3 is 15.2 Å². The molecule has 0 aliphatic heterocycles. The topological polar surface area (TPSA) is 78.6 Å². The maximum absolute atomic E-state index is 11.4. The highest BCUT2D eigenvalue weighted by Crippen LogP contribution is 2.09. The molecule has 0 rings (SSSR count). The van der Waals surface area contributed by atoms with Crippen molar-refractivity contribution in [1.29, 1.82) is 0 Å². The number of esters is 2. The van der Waals surface area contributed by atoms with Gasteiger partial charge in [-0.05, 0) is 27.2 Å². The minimum absolute atomic E-state index is 0. The normalized spacial score (nSPS) is 12.0. The number of rotatable bonds is 6. The summed E-state index contributed by atoms with van der Waals surface area (Å²) >= 11 is 0. The largest absolute Gasteiger partial charge is 0.460 e. The SMILES string of the molecule is C=CCOC(=O)C(N)CCC(=O)OC(C)(C)C.Cl. The second kappa shape index (κ2) is 8.94. The van der Waals surface area contributed by atoms with Gasteiger partial charge in [-0.1, -0.05) is 12.7 Å². The standard InChI is InChI=1S/C12H21NO4.ClH/c1-5-8-16-11(15)9(13)6-7-10(14)17-12(2,3)4;/h5,9H,1,6-8,13H2,2-4H3;1H. The first-order valence-corrected chi connectivity index (χ1v) is 5.51. The Morgan fingerprint density at radius 1 is 1.39 bits per heavy atom. The van der Waals surface area contributed by atoms with E-state index in [4.69, 9.17) is 15.2 Å². The van der Waals surface area contributed by atoms with Crippen LogP contribution in [0.2, 0.25) is 0 Å². The van der Waals surface area contributed by atoms with E-state index >= 15 is 0 Å². The molecule has 18 heavy (non-hydrogen) atoms. The predicted octanol–water partition coefficient (Wildman–Crippen LogP) is 1.59. The lowest BCUT2D eigenvalue weighted by molar-refractivity contribution is -0.155. The fraction of sp³-hybridized carbons (Fsp3) is 0.667. The first-order chi connectivity index (χ1) is 7.76. The quantitative estimate of drug-likeness (QED) is 0.590. The number of hydrogen-bond acceptors (Lipinski definition) is 5. The summed E-state index contributed by atoms with van der Waals surface area (Å²) in [5.74, 6) is -0.905. The van der Waals surface area contributed by atoms with E-state index in [0.29, 0.717) is 0 Å². The summed E-state index contributed by atoms with van der Waals surface area (Å²) < 4.78 is 9.84. The Labute approximate surface area is 114 Å². The fourth-order valence-electron chi connectivity index (χ4n) is 1.03. The molecule has 1 unspecified atom stereocenters. The highest BCUT2D eigenvalue weighted by Gasteiger charge is 2.20. The van der Waals surface area contributed by atoms with Crippen LogP contribution in [-0.4, -0.2) is 30.2 Å². The smallest absolute Gasteiger partial charge is 0.323 e. The van der Waals surface area contributed by atoms with Crippen LogP contribution in [0.1, 0.15) is 33.6 Å². The van der Waals surface area contributed by atoms with E-state index in [0.717, 1.165) is 0 Å². The van der Waals surface area contributed by atoms with Gasteiger partial charge in [-0.2, -0.15) is 0 Å². The molecule has 0 radical (unpaired) electrons. The van der Waals surface area contributed by atoms with Crippen LogP contribution in [0.5, 0.6) is 0 Å². The third-order valence-corrected chi connectivity index (χ3v) is 1.73. The molecular formula is C12H22ClNO4. The van der Waals surface area contributed by atoms with Gasteiger partial charge in [0.15, 0.2) is 0 Å². The van der Waals surface area contributed by atoms with Crippen molar-refractivity contribution < 1.29 is 19.1 Å². The molecule has 0 heterocycles. The third-order valence-electron chi connectivity index (χ3n) is 1.73. The molecule has 0 aromatic carbocycles. The van der Waals surface area contributed by atoms with Crippen molar-refractivity contribution in [2.75, 3.05) is 6.61 Å². The molecule has 0 saturated carbocycles. The minimum atomic E-state index is -0.803. The summed E-state index contributed by atoms with van der Waals surface area (Å²) in [4.78, 5) is 22.6. The molecule has 0 aliphatic carbocycles. The van der Waals surface area contributed by atoms with Crippen molar-refractivity contribution in [3.63, 3.8) is 0 Å². The van der Waals surface area contributed by atoms with Gasteiger partial charge in [0.2, 0.25) is 0 Å². The van der Waals surface area contributed by atoms with Crippen LogP contribution in [0.4, 0.5) is 0 Å². The molecule has 1 atom stereocenters. The fourth-order valence-corrected chi connectivity index (χ4v) is 1.03. The molecule has 0 aliphatic rings. The molecule has 6 heteroatoms. The van der Waals surface area contributed by atoms with Gasteiger partial charge in [-0.15, -0.1) is 12.4 Å². The molecule has 106 valence electrons. The molecule has 2 N–H and O–H groups in total. The van der Waals surface area contributed by atoms with E-state index in [2.05, 4.69) is 6.58 Å². The van der Waals surface area contributed by atoms with Crippen LogP contribution >= 0.6 is 12.4 Å². The minimum Gasteiger partial charge on any atom is -0.460 e. The molecule has 0 fully saturated rings. The second-order valence-electron chi connectivity index (χ2n) is 4.65. The number of hydrogen-bond donors (Lipinski definition) is 1. The lowest BCUT2D eigenvalue weighted by Crippen LogP contribution is -2.33. The second-order valence-corrected chi connectivity index (χ2v) is 4.65. The zero-order valence-electron chi connectivity index (χ0n) is 11.1. The maximum atomic E-state index is 11.4. The highest BCUT2D eigenvalue weighted by atomic mass is 35.5. The molecular weight excluding hydrogens is 258 g/mol. The summed E-state index contributed by atoms with van der Waals surface area (Å²) in [6, 6.07) is -0.803. The summed E-state index contributed by atoms with van der Waals surface area (Å²) in [5.41, 5.74) is 5.03. The molecule has 0 aromatic rings.